The number of carbonyl (C=O) groups is 1. The van der Waals surface area contributed by atoms with Crippen molar-refractivity contribution in [1.29, 1.82) is 0 Å². The number of allylic oxidation sites excluding steroid dienone is 6. The summed E-state index contributed by atoms with van der Waals surface area (Å²) in [7, 11) is 0. The Hall–Kier alpha value is -4.31. The molecule has 0 saturated heterocycles. The molecule has 0 bridgehead atoms. The van der Waals surface area contributed by atoms with Crippen LogP contribution in [0.25, 0.3) is 33.0 Å². The van der Waals surface area contributed by atoms with Gasteiger partial charge in [0, 0.05) is 32.3 Å². The van der Waals surface area contributed by atoms with Crippen LogP contribution in [0.1, 0.15) is 51.2 Å². The Bertz CT molecular complexity index is 1210. The SMILES string of the molecule is CCC(C)(C)C1CC(=CC=Cc2ccc(N=[N+]=[N-])cc2)C(=O)C(=CC=Cc2ccc(N=[N+]=[N-])cc2)C1. The number of hydrogen-bond donors (Lipinski definition) is 0. The Morgan fingerprint density at radius 2 is 1.25 bits per heavy atom. The quantitative estimate of drug-likeness (QED) is 0.160. The fourth-order valence-electron chi connectivity index (χ4n) is 4.08. The van der Waals surface area contributed by atoms with Crippen LogP contribution < -0.4 is 0 Å². The standard InChI is InChI=1S/C29H30N6O/c1-4-29(2,3)25-19-23(9-5-7-21-11-15-26(16-12-21)32-34-30)28(36)24(20-25)10-6-8-22-13-17-27(18-14-22)33-35-31/h5-18,25H,4,19-20H2,1-3H3. The molecule has 182 valence electrons. The number of hydrogen-bond acceptors (Lipinski definition) is 3. The van der Waals surface area contributed by atoms with Crippen molar-refractivity contribution >= 4 is 29.3 Å². The van der Waals surface area contributed by atoms with Crippen molar-refractivity contribution < 1.29 is 4.79 Å². The molecule has 0 amide bonds. The zero-order chi connectivity index (χ0) is 26.0. The van der Waals surface area contributed by atoms with Gasteiger partial charge in [-0.15, -0.1) is 0 Å². The molecular weight excluding hydrogens is 448 g/mol. The van der Waals surface area contributed by atoms with Crippen LogP contribution in [0.15, 0.2) is 94.2 Å². The van der Waals surface area contributed by atoms with Gasteiger partial charge in [0.05, 0.1) is 0 Å². The number of Topliss-reactive ketones (excluding diaryl/α,β-unsaturated/α-hetero) is 1. The van der Waals surface area contributed by atoms with Gasteiger partial charge in [-0.05, 0) is 46.4 Å². The van der Waals surface area contributed by atoms with Crippen molar-refractivity contribution in [3.05, 3.63) is 116 Å². The molecule has 0 aliphatic heterocycles. The van der Waals surface area contributed by atoms with Crippen molar-refractivity contribution in [1.82, 2.24) is 0 Å². The van der Waals surface area contributed by atoms with E-state index in [4.69, 9.17) is 11.1 Å². The Labute approximate surface area is 211 Å². The van der Waals surface area contributed by atoms with E-state index in [0.29, 0.717) is 17.3 Å². The molecular formula is C29H30N6O. The van der Waals surface area contributed by atoms with E-state index >= 15 is 0 Å². The largest absolute Gasteiger partial charge is 0.289 e. The van der Waals surface area contributed by atoms with E-state index < -0.39 is 0 Å². The molecule has 0 unspecified atom stereocenters. The maximum atomic E-state index is 13.3. The number of nitrogens with zero attached hydrogens (tertiary/aromatic N) is 6. The minimum absolute atomic E-state index is 0.0878. The highest BCUT2D eigenvalue weighted by atomic mass is 16.1. The van der Waals surface area contributed by atoms with E-state index in [9.17, 15) is 4.79 Å². The highest BCUT2D eigenvalue weighted by molar-refractivity contribution is 6.09. The summed E-state index contributed by atoms with van der Waals surface area (Å²) in [5, 5.41) is 7.17. The van der Waals surface area contributed by atoms with Gasteiger partial charge < -0.3 is 0 Å². The van der Waals surface area contributed by atoms with Crippen LogP contribution in [0.4, 0.5) is 11.4 Å². The van der Waals surface area contributed by atoms with Crippen molar-refractivity contribution in [3.63, 3.8) is 0 Å². The second-order valence-corrected chi connectivity index (χ2v) is 9.44. The lowest BCUT2D eigenvalue weighted by molar-refractivity contribution is -0.113. The lowest BCUT2D eigenvalue weighted by Gasteiger charge is -2.37. The minimum atomic E-state index is 0.0878. The first-order chi connectivity index (χ1) is 17.4. The Kier molecular flexibility index (Phi) is 9.07. The number of benzene rings is 2. The van der Waals surface area contributed by atoms with Gasteiger partial charge >= 0.3 is 0 Å². The van der Waals surface area contributed by atoms with Crippen LogP contribution in [-0.4, -0.2) is 5.78 Å². The van der Waals surface area contributed by atoms with Gasteiger partial charge in [-0.2, -0.15) is 0 Å². The second kappa shape index (κ2) is 12.4. The smallest absolute Gasteiger partial charge is 0.185 e. The van der Waals surface area contributed by atoms with Crippen molar-refractivity contribution in [3.8, 4) is 0 Å². The predicted molar refractivity (Wildman–Crippen MR) is 147 cm³/mol. The van der Waals surface area contributed by atoms with Crippen LogP contribution in [-0.2, 0) is 4.79 Å². The van der Waals surface area contributed by atoms with Crippen LogP contribution in [0, 0.1) is 11.3 Å². The number of rotatable bonds is 8. The predicted octanol–water partition coefficient (Wildman–Crippen LogP) is 9.56. The number of ketones is 1. The molecule has 2 aromatic carbocycles. The van der Waals surface area contributed by atoms with Gasteiger partial charge in [0.2, 0.25) is 0 Å². The van der Waals surface area contributed by atoms with Gasteiger partial charge in [-0.25, -0.2) is 0 Å². The highest BCUT2D eigenvalue weighted by Crippen LogP contribution is 2.43. The van der Waals surface area contributed by atoms with Gasteiger partial charge in [0.15, 0.2) is 5.78 Å². The minimum Gasteiger partial charge on any atom is -0.289 e. The monoisotopic (exact) mass is 478 g/mol. The van der Waals surface area contributed by atoms with Crippen LogP contribution in [0.5, 0.6) is 0 Å². The van der Waals surface area contributed by atoms with Crippen LogP contribution in [0.2, 0.25) is 0 Å². The Morgan fingerprint density at radius 1 is 0.833 bits per heavy atom. The van der Waals surface area contributed by atoms with E-state index in [2.05, 4.69) is 40.8 Å². The van der Waals surface area contributed by atoms with Crippen molar-refractivity contribution in [2.75, 3.05) is 0 Å². The summed E-state index contributed by atoms with van der Waals surface area (Å²) in [4.78, 5) is 18.9. The van der Waals surface area contributed by atoms with E-state index in [-0.39, 0.29) is 11.2 Å². The Morgan fingerprint density at radius 3 is 1.61 bits per heavy atom. The fourth-order valence-corrected chi connectivity index (χ4v) is 4.08. The van der Waals surface area contributed by atoms with Crippen molar-refractivity contribution in [2.45, 2.75) is 40.0 Å². The first-order valence-corrected chi connectivity index (χ1v) is 12.0. The van der Waals surface area contributed by atoms with Crippen molar-refractivity contribution in [2.24, 2.45) is 21.6 Å². The molecule has 7 nitrogen and oxygen atoms in total. The van der Waals surface area contributed by atoms with Gasteiger partial charge in [0.25, 0.3) is 0 Å². The molecule has 0 atom stereocenters. The molecule has 36 heavy (non-hydrogen) atoms. The number of azide groups is 2. The summed E-state index contributed by atoms with van der Waals surface area (Å²) in [6.45, 7) is 6.74. The zero-order valence-electron chi connectivity index (χ0n) is 20.9. The summed E-state index contributed by atoms with van der Waals surface area (Å²) in [5.41, 5.74) is 21.9. The normalized spacial score (nSPS) is 18.5. The van der Waals surface area contributed by atoms with E-state index in [1.807, 2.05) is 60.7 Å². The molecule has 0 spiro atoms. The molecule has 0 aromatic heterocycles. The third-order valence-corrected chi connectivity index (χ3v) is 6.81. The summed E-state index contributed by atoms with van der Waals surface area (Å²) in [6, 6.07) is 14.5. The van der Waals surface area contributed by atoms with Gasteiger partial charge in [-0.3, -0.25) is 4.79 Å². The third-order valence-electron chi connectivity index (χ3n) is 6.81. The molecule has 0 N–H and O–H groups in total. The van der Waals surface area contributed by atoms with Crippen LogP contribution >= 0.6 is 0 Å². The summed E-state index contributed by atoms with van der Waals surface area (Å²) >= 11 is 0. The third kappa shape index (κ3) is 7.09. The molecule has 7 heteroatoms. The molecule has 1 aliphatic carbocycles. The van der Waals surface area contributed by atoms with Gasteiger partial charge in [0.1, 0.15) is 0 Å². The average molecular weight is 479 g/mol. The van der Waals surface area contributed by atoms with E-state index in [1.54, 1.807) is 24.3 Å². The molecule has 2 aromatic rings. The summed E-state index contributed by atoms with van der Waals surface area (Å²) < 4.78 is 0. The zero-order valence-corrected chi connectivity index (χ0v) is 20.9. The number of carbonyl (C=O) groups excluding carboxylic acids is 1. The van der Waals surface area contributed by atoms with E-state index in [1.165, 1.54) is 0 Å². The molecule has 1 fully saturated rings. The molecule has 1 saturated carbocycles. The Balaban J connectivity index is 1.83. The molecule has 3 rings (SSSR count). The highest BCUT2D eigenvalue weighted by Gasteiger charge is 2.35. The molecule has 0 radical (unpaired) electrons. The fraction of sp³-hybridized carbons (Fsp3) is 0.276. The maximum absolute atomic E-state index is 13.3. The first-order valence-electron chi connectivity index (χ1n) is 12.0. The maximum Gasteiger partial charge on any atom is 0.185 e. The van der Waals surface area contributed by atoms with E-state index in [0.717, 1.165) is 41.5 Å². The average Bonchev–Trinajstić information content (AvgIpc) is 2.88. The first kappa shape index (κ1) is 26.3. The lowest BCUT2D eigenvalue weighted by Crippen LogP contribution is -2.30. The van der Waals surface area contributed by atoms with Crippen LogP contribution in [0.3, 0.4) is 0 Å². The summed E-state index contributed by atoms with van der Waals surface area (Å²) in [6.07, 6.45) is 14.1. The summed E-state index contributed by atoms with van der Waals surface area (Å²) in [5.74, 6) is 0.454. The van der Waals surface area contributed by atoms with Gasteiger partial charge in [-0.1, -0.05) is 122 Å². The lowest BCUT2D eigenvalue weighted by atomic mass is 9.66. The topological polar surface area (TPSA) is 115 Å². The molecule has 1 aliphatic rings. The second-order valence-electron chi connectivity index (χ2n) is 9.44. The molecule has 0 heterocycles.